The minimum Gasteiger partial charge on any atom is -0.461 e. The van der Waals surface area contributed by atoms with Crippen LogP contribution in [0.15, 0.2) is 108 Å². The summed E-state index contributed by atoms with van der Waals surface area (Å²) in [6, 6.07) is 27.6. The molecule has 45 heavy (non-hydrogen) atoms. The lowest BCUT2D eigenvalue weighted by atomic mass is 10.0. The predicted molar refractivity (Wildman–Crippen MR) is 165 cm³/mol. The highest BCUT2D eigenvalue weighted by Gasteiger charge is 2.26. The number of benzene rings is 4. The summed E-state index contributed by atoms with van der Waals surface area (Å²) in [6.45, 7) is -0.0970. The third kappa shape index (κ3) is 8.38. The Labute approximate surface area is 257 Å². The maximum atomic E-state index is 14.9. The van der Waals surface area contributed by atoms with Crippen LogP contribution in [0, 0.1) is 5.82 Å². The fourth-order valence-electron chi connectivity index (χ4n) is 4.58. The molecular weight excluding hydrogens is 579 g/mol. The molecule has 0 spiro atoms. The molecule has 0 fully saturated rings. The molecule has 1 atom stereocenters. The minimum absolute atomic E-state index is 0.0311. The summed E-state index contributed by atoms with van der Waals surface area (Å²) in [5, 5.41) is 12.6. The summed E-state index contributed by atoms with van der Waals surface area (Å²) >= 11 is 0. The van der Waals surface area contributed by atoms with Crippen LogP contribution in [0.1, 0.15) is 28.8 Å². The van der Waals surface area contributed by atoms with Crippen molar-refractivity contribution in [2.45, 2.75) is 32.1 Å². The predicted octanol–water partition coefficient (Wildman–Crippen LogP) is 5.02. The van der Waals surface area contributed by atoms with Crippen LogP contribution in [0.5, 0.6) is 0 Å². The van der Waals surface area contributed by atoms with Crippen molar-refractivity contribution in [2.24, 2.45) is 0 Å². The van der Waals surface area contributed by atoms with Gasteiger partial charge >= 0.3 is 12.1 Å². The van der Waals surface area contributed by atoms with Crippen LogP contribution < -0.4 is 16.2 Å². The van der Waals surface area contributed by atoms with Gasteiger partial charge in [0.25, 0.3) is 5.56 Å². The number of fused-ring (bicyclic) bond motifs is 1. The van der Waals surface area contributed by atoms with Crippen molar-refractivity contribution < 1.29 is 28.2 Å². The number of alkyl carbamates (subject to hydrolysis) is 1. The van der Waals surface area contributed by atoms with Gasteiger partial charge in [-0.05, 0) is 34.9 Å². The molecule has 11 heteroatoms. The van der Waals surface area contributed by atoms with Crippen LogP contribution in [0.25, 0.3) is 10.8 Å². The standard InChI is InChI=1S/C34H29FN4O6/c35-27-16-15-24(17-28-25-13-7-8-14-26(25)32(41)39-38-28)18-29(27)36-33(42)30(19-31(40)44-20-22-9-3-1-4-10-22)37-34(43)45-21-23-11-5-2-6-12-23/h1-16,18,30H,17,19-21H2,(H,36,42)(H,37,43)(H,39,41)/t30-/m0/s1. The topological polar surface area (TPSA) is 139 Å². The van der Waals surface area contributed by atoms with Gasteiger partial charge in [-0.1, -0.05) is 84.9 Å². The van der Waals surface area contributed by atoms with Crippen molar-refractivity contribution in [2.75, 3.05) is 5.32 Å². The van der Waals surface area contributed by atoms with Crippen molar-refractivity contribution in [1.29, 1.82) is 0 Å². The number of rotatable bonds is 11. The molecule has 228 valence electrons. The molecule has 5 rings (SSSR count). The SMILES string of the molecule is O=C(C[C@H](NC(=O)OCc1ccccc1)C(=O)Nc1cc(Cc2n[nH]c(=O)c3ccccc23)ccc1F)OCc1ccccc1. The van der Waals surface area contributed by atoms with E-state index < -0.39 is 36.2 Å². The summed E-state index contributed by atoms with van der Waals surface area (Å²) in [6.07, 6.45) is -1.26. The molecule has 0 saturated carbocycles. The fraction of sp³-hybridized carbons (Fsp3) is 0.147. The molecule has 1 aromatic heterocycles. The Morgan fingerprint density at radius 3 is 2.09 bits per heavy atom. The first-order valence-electron chi connectivity index (χ1n) is 14.1. The van der Waals surface area contributed by atoms with E-state index in [4.69, 9.17) is 9.47 Å². The summed E-state index contributed by atoms with van der Waals surface area (Å²) in [4.78, 5) is 50.8. The first-order valence-corrected chi connectivity index (χ1v) is 14.1. The molecule has 10 nitrogen and oxygen atoms in total. The average Bonchev–Trinajstić information content (AvgIpc) is 3.06. The van der Waals surface area contributed by atoms with Gasteiger partial charge in [-0.2, -0.15) is 5.10 Å². The van der Waals surface area contributed by atoms with E-state index >= 15 is 0 Å². The lowest BCUT2D eigenvalue weighted by Crippen LogP contribution is -2.45. The zero-order valence-electron chi connectivity index (χ0n) is 24.0. The van der Waals surface area contributed by atoms with E-state index in [-0.39, 0.29) is 30.9 Å². The van der Waals surface area contributed by atoms with Crippen LogP contribution in [-0.2, 0) is 38.7 Å². The number of anilines is 1. The van der Waals surface area contributed by atoms with Gasteiger partial charge in [-0.15, -0.1) is 0 Å². The molecule has 2 amide bonds. The van der Waals surface area contributed by atoms with Crippen LogP contribution in [0.3, 0.4) is 0 Å². The number of aromatic nitrogens is 2. The second-order valence-electron chi connectivity index (χ2n) is 10.1. The van der Waals surface area contributed by atoms with E-state index in [9.17, 15) is 23.6 Å². The second kappa shape index (κ2) is 14.6. The van der Waals surface area contributed by atoms with E-state index in [1.807, 2.05) is 12.1 Å². The number of hydrogen-bond donors (Lipinski definition) is 3. The van der Waals surface area contributed by atoms with Crippen molar-refractivity contribution in [3.8, 4) is 0 Å². The van der Waals surface area contributed by atoms with Gasteiger partial charge in [0.15, 0.2) is 0 Å². The molecule has 5 aromatic rings. The van der Waals surface area contributed by atoms with E-state index in [0.717, 1.165) is 11.1 Å². The molecular formula is C34H29FN4O6. The molecule has 4 aromatic carbocycles. The molecule has 0 aliphatic carbocycles. The average molecular weight is 609 g/mol. The normalized spacial score (nSPS) is 11.4. The van der Waals surface area contributed by atoms with Crippen molar-refractivity contribution >= 4 is 34.4 Å². The van der Waals surface area contributed by atoms with Gasteiger partial charge in [0.05, 0.1) is 23.2 Å². The third-order valence-corrected chi connectivity index (χ3v) is 6.87. The Morgan fingerprint density at radius 1 is 0.778 bits per heavy atom. The molecule has 3 N–H and O–H groups in total. The van der Waals surface area contributed by atoms with Gasteiger partial charge in [0, 0.05) is 11.8 Å². The number of H-pyrrole nitrogens is 1. The zero-order chi connectivity index (χ0) is 31.6. The maximum absolute atomic E-state index is 14.9. The fourth-order valence-corrected chi connectivity index (χ4v) is 4.58. The Morgan fingerprint density at radius 2 is 1.40 bits per heavy atom. The molecule has 0 aliphatic heterocycles. The summed E-state index contributed by atoms with van der Waals surface area (Å²) in [5.74, 6) is -2.34. The molecule has 0 bridgehead atoms. The van der Waals surface area contributed by atoms with Crippen LogP contribution in [-0.4, -0.2) is 34.2 Å². The number of aromatic amines is 1. The highest BCUT2D eigenvalue weighted by atomic mass is 19.1. The third-order valence-electron chi connectivity index (χ3n) is 6.87. The quantitative estimate of drug-likeness (QED) is 0.179. The van der Waals surface area contributed by atoms with Crippen molar-refractivity contribution in [3.05, 3.63) is 142 Å². The molecule has 1 heterocycles. The van der Waals surface area contributed by atoms with Gasteiger partial charge in [-0.3, -0.25) is 14.4 Å². The number of carbonyl (C=O) groups excluding carboxylic acids is 3. The minimum atomic E-state index is -1.44. The number of esters is 1. The lowest BCUT2D eigenvalue weighted by molar-refractivity contribution is -0.146. The van der Waals surface area contributed by atoms with Gasteiger partial charge in [-0.25, -0.2) is 14.3 Å². The molecule has 0 radical (unpaired) electrons. The highest BCUT2D eigenvalue weighted by molar-refractivity contribution is 5.98. The Balaban J connectivity index is 1.30. The summed E-state index contributed by atoms with van der Waals surface area (Å²) in [5.41, 5.74) is 2.10. The maximum Gasteiger partial charge on any atom is 0.408 e. The number of ether oxygens (including phenoxy) is 2. The Bertz CT molecular complexity index is 1810. The van der Waals surface area contributed by atoms with E-state index in [2.05, 4.69) is 20.8 Å². The van der Waals surface area contributed by atoms with Crippen molar-refractivity contribution in [1.82, 2.24) is 15.5 Å². The lowest BCUT2D eigenvalue weighted by Gasteiger charge is -2.18. The Kier molecular flexibility index (Phi) is 9.90. The highest BCUT2D eigenvalue weighted by Crippen LogP contribution is 2.21. The van der Waals surface area contributed by atoms with E-state index in [0.29, 0.717) is 22.0 Å². The summed E-state index contributed by atoms with van der Waals surface area (Å²) in [7, 11) is 0. The number of nitrogens with zero attached hydrogens (tertiary/aromatic N) is 1. The smallest absolute Gasteiger partial charge is 0.408 e. The monoisotopic (exact) mass is 608 g/mol. The van der Waals surface area contributed by atoms with Crippen LogP contribution >= 0.6 is 0 Å². The van der Waals surface area contributed by atoms with Crippen molar-refractivity contribution in [3.63, 3.8) is 0 Å². The zero-order valence-corrected chi connectivity index (χ0v) is 24.0. The second-order valence-corrected chi connectivity index (χ2v) is 10.1. The Hall–Kier alpha value is -5.84. The number of carbonyl (C=O) groups is 3. The largest absolute Gasteiger partial charge is 0.461 e. The first kappa shape index (κ1) is 30.6. The van der Waals surface area contributed by atoms with E-state index in [1.54, 1.807) is 72.8 Å². The molecule has 0 aliphatic rings. The number of halogens is 1. The molecule has 0 saturated heterocycles. The number of hydrogen-bond acceptors (Lipinski definition) is 7. The number of nitrogens with one attached hydrogen (secondary N) is 3. The number of amides is 2. The summed E-state index contributed by atoms with van der Waals surface area (Å²) < 4.78 is 25.4. The molecule has 0 unspecified atom stereocenters. The first-order chi connectivity index (χ1) is 21.9. The van der Waals surface area contributed by atoms with Gasteiger partial charge in [0.1, 0.15) is 25.1 Å². The van der Waals surface area contributed by atoms with Crippen LogP contribution in [0.2, 0.25) is 0 Å². The van der Waals surface area contributed by atoms with Gasteiger partial charge < -0.3 is 20.1 Å². The van der Waals surface area contributed by atoms with Crippen LogP contribution in [0.4, 0.5) is 14.9 Å². The van der Waals surface area contributed by atoms with Gasteiger partial charge in [0.2, 0.25) is 5.91 Å². The van der Waals surface area contributed by atoms with E-state index in [1.165, 1.54) is 18.2 Å².